The van der Waals surface area contributed by atoms with Crippen molar-refractivity contribution in [2.24, 2.45) is 5.92 Å². The predicted octanol–water partition coefficient (Wildman–Crippen LogP) is 1.69. The highest BCUT2D eigenvalue weighted by Gasteiger charge is 2.34. The number of phenols is 2. The first kappa shape index (κ1) is 53.5. The maximum absolute atomic E-state index is 13.9. The molecule has 0 aromatic heterocycles. The second kappa shape index (κ2) is 25.6. The zero-order chi connectivity index (χ0) is 48.5. The van der Waals surface area contributed by atoms with Gasteiger partial charge in [-0.25, -0.2) is 10.0 Å². The maximum atomic E-state index is 13.9. The number of fused-ring (bicyclic) bond motifs is 5. The summed E-state index contributed by atoms with van der Waals surface area (Å²) >= 11 is 0. The summed E-state index contributed by atoms with van der Waals surface area (Å²) in [5, 5.41) is 71.9. The molecular formula is C45H67N7O13. The summed E-state index contributed by atoms with van der Waals surface area (Å²) in [6, 6.07) is -1.24. The SMILES string of the molecule is CC[C@H](C)CCCCCCCCCCC(=O)N(C)[C@H](CO)C(=O)N[C@H](C)C(=O)NCC(=O)N(C)[C@H]1C(=O)N[C@@H](C)C(=O)N[C@H](C(=O)O)Cc2cc(c(O)c([NH+]([O-])O)c2)-c2cc1ccc2O. The molecule has 1 unspecified atom stereocenters. The first-order chi connectivity index (χ1) is 30.7. The lowest BCUT2D eigenvalue weighted by molar-refractivity contribution is -0.991. The van der Waals surface area contributed by atoms with Crippen LogP contribution in [0.4, 0.5) is 5.69 Å². The summed E-state index contributed by atoms with van der Waals surface area (Å²) < 4.78 is 0. The fourth-order valence-electron chi connectivity index (χ4n) is 7.49. The number of carboxylic acids is 1. The minimum absolute atomic E-state index is 0.0137. The summed E-state index contributed by atoms with van der Waals surface area (Å²) in [5.41, 5.74) is -1.00. The van der Waals surface area contributed by atoms with E-state index in [9.17, 15) is 64.4 Å². The molecule has 10 N–H and O–H groups in total. The first-order valence-corrected chi connectivity index (χ1v) is 22.2. The average molecular weight is 914 g/mol. The molecule has 0 saturated carbocycles. The number of aliphatic carboxylic acids is 1. The highest BCUT2D eigenvalue weighted by Crippen LogP contribution is 2.41. The van der Waals surface area contributed by atoms with Gasteiger partial charge in [0.25, 0.3) is 0 Å². The number of benzene rings is 2. The number of nitrogens with one attached hydrogen (secondary N) is 5. The van der Waals surface area contributed by atoms with Gasteiger partial charge in [-0.05, 0) is 55.5 Å². The maximum Gasteiger partial charge on any atom is 0.326 e. The van der Waals surface area contributed by atoms with Crippen molar-refractivity contribution >= 4 is 47.1 Å². The van der Waals surface area contributed by atoms with Crippen molar-refractivity contribution in [2.45, 2.75) is 135 Å². The third kappa shape index (κ3) is 15.4. The Morgan fingerprint density at radius 1 is 0.877 bits per heavy atom. The zero-order valence-corrected chi connectivity index (χ0v) is 38.1. The first-order valence-electron chi connectivity index (χ1n) is 22.2. The van der Waals surface area contributed by atoms with Gasteiger partial charge in [-0.1, -0.05) is 77.7 Å². The van der Waals surface area contributed by atoms with Crippen molar-refractivity contribution in [3.63, 3.8) is 0 Å². The van der Waals surface area contributed by atoms with Crippen LogP contribution < -0.4 is 26.5 Å². The lowest BCUT2D eigenvalue weighted by Crippen LogP contribution is -2.99. The molecule has 20 nitrogen and oxygen atoms in total. The standard InChI is InChI=1S/C45H67N7O13/c1-7-26(2)16-14-12-10-8-9-11-13-15-17-37(55)50(5)35(25-53)43(60)47-27(3)41(58)46-24-38(56)51(6)39-30-18-19-36(54)31(23-30)32-20-29(22-34(40(32)57)52(64)65)21-33(45(62)63)49-42(59)28(4)48-44(39)61/h18-20,22-23,26-28,33,35,39,52-54,57,64H,7-17,21,24-25H2,1-6H3,(H,46,58)(H,47,60)(H,48,61)(H,49,59)(H,62,63)/t26-,27+,28-,33-,35+,39+/m0/s1. The van der Waals surface area contributed by atoms with Crippen LogP contribution in [0.3, 0.4) is 0 Å². The summed E-state index contributed by atoms with van der Waals surface area (Å²) in [4.78, 5) is 94.2. The molecule has 0 spiro atoms. The predicted molar refractivity (Wildman–Crippen MR) is 237 cm³/mol. The van der Waals surface area contributed by atoms with E-state index in [-0.39, 0.29) is 34.6 Å². The zero-order valence-electron chi connectivity index (χ0n) is 38.1. The topological polar surface area (TPSA) is 303 Å². The van der Waals surface area contributed by atoms with Gasteiger partial charge < -0.3 is 56.7 Å². The molecule has 1 heterocycles. The molecule has 2 aromatic rings. The smallest absolute Gasteiger partial charge is 0.326 e. The van der Waals surface area contributed by atoms with E-state index in [1.807, 2.05) is 0 Å². The van der Waals surface area contributed by atoms with Crippen LogP contribution in [0.5, 0.6) is 11.5 Å². The number of carboxylic acid groups (broad SMARTS) is 1. The number of aliphatic hydroxyl groups excluding tert-OH is 1. The van der Waals surface area contributed by atoms with Crippen molar-refractivity contribution in [2.75, 3.05) is 27.2 Å². The minimum Gasteiger partial charge on any atom is -0.595 e. The molecule has 65 heavy (non-hydrogen) atoms. The molecule has 1 aliphatic heterocycles. The quantitative estimate of drug-likeness (QED) is 0.0458. The number of nitrogens with zero attached hydrogens (tertiary/aromatic N) is 2. The van der Waals surface area contributed by atoms with Gasteiger partial charge in [0, 0.05) is 44.1 Å². The summed E-state index contributed by atoms with van der Waals surface area (Å²) in [7, 11) is 2.61. The molecular weight excluding hydrogens is 847 g/mol. The van der Waals surface area contributed by atoms with Crippen molar-refractivity contribution < 1.29 is 64.4 Å². The van der Waals surface area contributed by atoms with E-state index < -0.39 is 108 Å². The van der Waals surface area contributed by atoms with E-state index in [4.69, 9.17) is 0 Å². The van der Waals surface area contributed by atoms with Gasteiger partial charge >= 0.3 is 5.97 Å². The number of carbonyl (C=O) groups is 7. The van der Waals surface area contributed by atoms with E-state index in [1.54, 1.807) is 0 Å². The Kier molecular flexibility index (Phi) is 21.1. The average Bonchev–Trinajstić information content (AvgIpc) is 3.26. The fraction of sp³-hybridized carbons (Fsp3) is 0.578. The van der Waals surface area contributed by atoms with Gasteiger partial charge in [0.1, 0.15) is 36.0 Å². The second-order valence-electron chi connectivity index (χ2n) is 16.9. The molecule has 360 valence electrons. The largest absolute Gasteiger partial charge is 0.595 e. The highest BCUT2D eigenvalue weighted by atomic mass is 16.8. The van der Waals surface area contributed by atoms with Gasteiger partial charge in [0.2, 0.25) is 41.1 Å². The van der Waals surface area contributed by atoms with Crippen molar-refractivity contribution in [3.8, 4) is 22.6 Å². The van der Waals surface area contributed by atoms with Crippen LogP contribution in [0.25, 0.3) is 11.1 Å². The van der Waals surface area contributed by atoms with Gasteiger partial charge in [-0.15, -0.1) is 0 Å². The monoisotopic (exact) mass is 913 g/mol. The van der Waals surface area contributed by atoms with Crippen LogP contribution in [-0.4, -0.2) is 128 Å². The van der Waals surface area contributed by atoms with E-state index in [2.05, 4.69) is 35.1 Å². The highest BCUT2D eigenvalue weighted by molar-refractivity contribution is 5.96. The van der Waals surface area contributed by atoms with Gasteiger partial charge in [0.05, 0.1) is 13.2 Å². The fourth-order valence-corrected chi connectivity index (χ4v) is 7.49. The lowest BCUT2D eigenvalue weighted by Gasteiger charge is -2.30. The Morgan fingerprint density at radius 2 is 1.51 bits per heavy atom. The molecule has 0 fully saturated rings. The van der Waals surface area contributed by atoms with Crippen molar-refractivity contribution in [1.82, 2.24) is 31.1 Å². The molecule has 0 saturated heterocycles. The summed E-state index contributed by atoms with van der Waals surface area (Å²) in [6.45, 7) is 5.66. The Labute approximate surface area is 379 Å². The number of phenolic OH excluding ortho intramolecular Hbond substituents is 2. The molecule has 1 aliphatic rings. The second-order valence-corrected chi connectivity index (χ2v) is 16.9. The number of hydrogen-bond donors (Lipinski definition) is 10. The van der Waals surface area contributed by atoms with Crippen LogP contribution in [0, 0.1) is 11.1 Å². The van der Waals surface area contributed by atoms with Crippen molar-refractivity contribution in [1.29, 1.82) is 0 Å². The van der Waals surface area contributed by atoms with E-state index in [0.29, 0.717) is 6.42 Å². The van der Waals surface area contributed by atoms with Crippen LogP contribution in [-0.2, 0) is 40.0 Å². The number of rotatable bonds is 22. The Morgan fingerprint density at radius 3 is 2.11 bits per heavy atom. The Bertz CT molecular complexity index is 2000. The normalized spacial score (nSPS) is 18.1. The third-order valence-electron chi connectivity index (χ3n) is 11.9. The number of hydrogen-bond acceptors (Lipinski definition) is 12. The molecule has 7 atom stereocenters. The molecule has 20 heteroatoms. The number of amides is 6. The Hall–Kier alpha value is -5.83. The van der Waals surface area contributed by atoms with Crippen LogP contribution in [0.15, 0.2) is 30.3 Å². The molecule has 4 bridgehead atoms. The minimum atomic E-state index is -1.62. The summed E-state index contributed by atoms with van der Waals surface area (Å²) in [6.07, 6.45) is 10.6. The number of unbranched alkanes of at least 4 members (excludes halogenated alkanes) is 7. The number of carbonyl (C=O) groups excluding carboxylic acids is 6. The van der Waals surface area contributed by atoms with Crippen LogP contribution >= 0.6 is 0 Å². The third-order valence-corrected chi connectivity index (χ3v) is 11.9. The molecule has 6 amide bonds. The number of likely N-dealkylation sites (N-methyl/N-ethyl adjacent to an activating group) is 2. The Balaban J connectivity index is 1.70. The van der Waals surface area contributed by atoms with Crippen LogP contribution in [0.1, 0.15) is 115 Å². The molecule has 0 radical (unpaired) electrons. The lowest BCUT2D eigenvalue weighted by atomic mass is 9.93. The van der Waals surface area contributed by atoms with E-state index in [1.165, 1.54) is 78.2 Å². The number of aromatic hydroxyl groups is 2. The molecule has 3 rings (SSSR count). The van der Waals surface area contributed by atoms with Crippen LogP contribution in [0.2, 0.25) is 0 Å². The van der Waals surface area contributed by atoms with Gasteiger partial charge in [0.15, 0.2) is 5.75 Å². The van der Waals surface area contributed by atoms with Crippen molar-refractivity contribution in [3.05, 3.63) is 46.7 Å². The number of quaternary nitrogens is 1. The summed E-state index contributed by atoms with van der Waals surface area (Å²) in [5.74, 6) is -6.70. The molecule has 0 aliphatic carbocycles. The van der Waals surface area contributed by atoms with E-state index in [0.717, 1.165) is 53.5 Å². The number of aliphatic hydroxyl groups is 1. The van der Waals surface area contributed by atoms with Gasteiger partial charge in [-0.2, -0.15) is 5.23 Å². The molecule has 2 aromatic carbocycles. The van der Waals surface area contributed by atoms with Gasteiger partial charge in [-0.3, -0.25) is 28.8 Å². The van der Waals surface area contributed by atoms with E-state index >= 15 is 0 Å².